The summed E-state index contributed by atoms with van der Waals surface area (Å²) in [5.74, 6) is -0.456. The lowest BCUT2D eigenvalue weighted by atomic mass is 10.1. The van der Waals surface area contributed by atoms with Crippen LogP contribution in [0.3, 0.4) is 0 Å². The molecule has 0 bridgehead atoms. The highest BCUT2D eigenvalue weighted by Crippen LogP contribution is 2.36. The summed E-state index contributed by atoms with van der Waals surface area (Å²) in [6.45, 7) is 0. The fourth-order valence-electron chi connectivity index (χ4n) is 2.31. The standard InChI is InChI=1S/C17H15ClF3N3O3S/c1-26-13-7-14(27-2)12(6-11(13)18)24-16(28)23-8-3-4-9(15(22)25)10(5-8)17(19,20)21/h3-7H,1-2H3,(H2,22,25)(H2,23,24,28). The van der Waals surface area contributed by atoms with Crippen LogP contribution in [-0.2, 0) is 6.18 Å². The number of benzene rings is 2. The summed E-state index contributed by atoms with van der Waals surface area (Å²) in [6, 6.07) is 5.98. The minimum Gasteiger partial charge on any atom is -0.495 e. The first kappa shape index (κ1) is 21.6. The largest absolute Gasteiger partial charge is 0.495 e. The maximum atomic E-state index is 13.2. The molecule has 0 fully saturated rings. The fourth-order valence-corrected chi connectivity index (χ4v) is 2.78. The number of ether oxygens (including phenoxy) is 2. The molecular weight excluding hydrogens is 419 g/mol. The number of carbonyl (C=O) groups is 1. The van der Waals surface area contributed by atoms with Crippen molar-refractivity contribution in [2.75, 3.05) is 24.9 Å². The lowest BCUT2D eigenvalue weighted by Crippen LogP contribution is -2.22. The molecule has 0 aliphatic heterocycles. The lowest BCUT2D eigenvalue weighted by Gasteiger charge is -2.17. The van der Waals surface area contributed by atoms with E-state index in [0.717, 1.165) is 12.1 Å². The molecule has 0 unspecified atom stereocenters. The number of hydrogen-bond acceptors (Lipinski definition) is 4. The molecule has 0 aliphatic carbocycles. The second-order valence-electron chi connectivity index (χ2n) is 5.39. The van der Waals surface area contributed by atoms with E-state index in [0.29, 0.717) is 17.2 Å². The zero-order valence-corrected chi connectivity index (χ0v) is 16.2. The maximum absolute atomic E-state index is 13.2. The Hall–Kier alpha value is -2.72. The highest BCUT2D eigenvalue weighted by atomic mass is 35.5. The summed E-state index contributed by atoms with van der Waals surface area (Å²) in [5, 5.41) is 5.64. The average molecular weight is 434 g/mol. The number of anilines is 2. The molecule has 0 aromatic heterocycles. The van der Waals surface area contributed by atoms with Crippen LogP contribution in [0, 0.1) is 0 Å². The predicted molar refractivity (Wildman–Crippen MR) is 104 cm³/mol. The Kier molecular flexibility index (Phi) is 6.57. The van der Waals surface area contributed by atoms with Crippen molar-refractivity contribution in [2.24, 2.45) is 5.73 Å². The molecule has 6 nitrogen and oxygen atoms in total. The number of amides is 1. The highest BCUT2D eigenvalue weighted by Gasteiger charge is 2.35. The van der Waals surface area contributed by atoms with Gasteiger partial charge in [0.2, 0.25) is 5.91 Å². The van der Waals surface area contributed by atoms with Crippen molar-refractivity contribution < 1.29 is 27.4 Å². The van der Waals surface area contributed by atoms with Crippen molar-refractivity contribution in [3.63, 3.8) is 0 Å². The van der Waals surface area contributed by atoms with Gasteiger partial charge in [-0.25, -0.2) is 0 Å². The number of nitrogens with two attached hydrogens (primary N) is 1. The van der Waals surface area contributed by atoms with Gasteiger partial charge in [-0.15, -0.1) is 0 Å². The number of rotatable bonds is 5. The number of primary amides is 1. The van der Waals surface area contributed by atoms with Crippen molar-refractivity contribution in [2.45, 2.75) is 6.18 Å². The number of halogens is 4. The van der Waals surface area contributed by atoms with Gasteiger partial charge in [-0.3, -0.25) is 4.79 Å². The third kappa shape index (κ3) is 4.96. The molecule has 2 aromatic rings. The molecule has 150 valence electrons. The van der Waals surface area contributed by atoms with Gasteiger partial charge in [-0.05, 0) is 36.5 Å². The summed E-state index contributed by atoms with van der Waals surface area (Å²) < 4.78 is 49.8. The summed E-state index contributed by atoms with van der Waals surface area (Å²) in [5.41, 5.74) is 3.57. The van der Waals surface area contributed by atoms with Crippen molar-refractivity contribution in [3.05, 3.63) is 46.5 Å². The third-order valence-electron chi connectivity index (χ3n) is 3.57. The number of hydrogen-bond donors (Lipinski definition) is 3. The zero-order chi connectivity index (χ0) is 21.1. The van der Waals surface area contributed by atoms with Gasteiger partial charge >= 0.3 is 6.18 Å². The molecule has 0 heterocycles. The average Bonchev–Trinajstić information content (AvgIpc) is 2.61. The van der Waals surface area contributed by atoms with Gasteiger partial charge in [-0.2, -0.15) is 13.2 Å². The molecule has 28 heavy (non-hydrogen) atoms. The quantitative estimate of drug-likeness (QED) is 0.610. The number of thiocarbonyl (C=S) groups is 1. The van der Waals surface area contributed by atoms with E-state index < -0.39 is 23.2 Å². The molecule has 1 amide bonds. The van der Waals surface area contributed by atoms with E-state index in [-0.39, 0.29) is 15.8 Å². The van der Waals surface area contributed by atoms with Crippen LogP contribution in [0.1, 0.15) is 15.9 Å². The minimum absolute atomic E-state index is 0.00778. The van der Waals surface area contributed by atoms with Gasteiger partial charge in [0.25, 0.3) is 0 Å². The van der Waals surface area contributed by atoms with Crippen LogP contribution in [-0.4, -0.2) is 25.2 Å². The van der Waals surface area contributed by atoms with E-state index in [9.17, 15) is 18.0 Å². The van der Waals surface area contributed by atoms with Crippen LogP contribution >= 0.6 is 23.8 Å². The second kappa shape index (κ2) is 8.53. The first-order chi connectivity index (χ1) is 13.1. The molecule has 0 saturated heterocycles. The first-order valence-electron chi connectivity index (χ1n) is 7.57. The highest BCUT2D eigenvalue weighted by molar-refractivity contribution is 7.80. The normalized spacial score (nSPS) is 10.9. The van der Waals surface area contributed by atoms with E-state index >= 15 is 0 Å². The molecule has 0 spiro atoms. The molecule has 0 saturated carbocycles. The Labute approximate surface area is 168 Å². The van der Waals surface area contributed by atoms with Crippen molar-refractivity contribution in [3.8, 4) is 11.5 Å². The molecular formula is C17H15ClF3N3O3S. The zero-order valence-electron chi connectivity index (χ0n) is 14.6. The Bertz CT molecular complexity index is 922. The Morgan fingerprint density at radius 3 is 2.29 bits per heavy atom. The van der Waals surface area contributed by atoms with Gasteiger partial charge in [0.15, 0.2) is 5.11 Å². The number of alkyl halides is 3. The monoisotopic (exact) mass is 433 g/mol. The van der Waals surface area contributed by atoms with E-state index in [1.165, 1.54) is 32.4 Å². The molecule has 0 aliphatic rings. The van der Waals surface area contributed by atoms with Crippen LogP contribution in [0.4, 0.5) is 24.5 Å². The minimum atomic E-state index is -4.76. The maximum Gasteiger partial charge on any atom is 0.417 e. The molecule has 2 aromatic carbocycles. The Morgan fingerprint density at radius 2 is 1.75 bits per heavy atom. The van der Waals surface area contributed by atoms with E-state index in [4.69, 9.17) is 39.0 Å². The summed E-state index contributed by atoms with van der Waals surface area (Å²) in [6.07, 6.45) is -4.76. The third-order valence-corrected chi connectivity index (χ3v) is 4.07. The molecule has 2 rings (SSSR count). The van der Waals surface area contributed by atoms with Crippen molar-refractivity contribution in [1.82, 2.24) is 0 Å². The topological polar surface area (TPSA) is 85.6 Å². The van der Waals surface area contributed by atoms with Crippen LogP contribution < -0.4 is 25.8 Å². The van der Waals surface area contributed by atoms with Crippen LogP contribution in [0.2, 0.25) is 5.02 Å². The molecule has 11 heteroatoms. The fraction of sp³-hybridized carbons (Fsp3) is 0.176. The number of carbonyl (C=O) groups excluding carboxylic acids is 1. The first-order valence-corrected chi connectivity index (χ1v) is 8.36. The van der Waals surface area contributed by atoms with E-state index in [1.807, 2.05) is 0 Å². The van der Waals surface area contributed by atoms with Crippen molar-refractivity contribution >= 4 is 46.2 Å². The summed E-state index contributed by atoms with van der Waals surface area (Å²) in [7, 11) is 2.86. The van der Waals surface area contributed by atoms with Gasteiger partial charge in [0.05, 0.1) is 36.1 Å². The lowest BCUT2D eigenvalue weighted by molar-refractivity contribution is -0.137. The van der Waals surface area contributed by atoms with Crippen molar-refractivity contribution in [1.29, 1.82) is 0 Å². The van der Waals surface area contributed by atoms with Crippen LogP contribution in [0.25, 0.3) is 0 Å². The van der Waals surface area contributed by atoms with E-state index in [2.05, 4.69) is 10.6 Å². The van der Waals surface area contributed by atoms with Gasteiger partial charge in [0, 0.05) is 11.8 Å². The SMILES string of the molecule is COc1cc(OC)c(NC(=S)Nc2ccc(C(N)=O)c(C(F)(F)F)c2)cc1Cl. The van der Waals surface area contributed by atoms with Crippen LogP contribution in [0.5, 0.6) is 11.5 Å². The second-order valence-corrected chi connectivity index (χ2v) is 6.20. The summed E-state index contributed by atoms with van der Waals surface area (Å²) >= 11 is 11.2. The molecule has 0 radical (unpaired) electrons. The Morgan fingerprint density at radius 1 is 1.11 bits per heavy atom. The summed E-state index contributed by atoms with van der Waals surface area (Å²) in [4.78, 5) is 11.2. The van der Waals surface area contributed by atoms with E-state index in [1.54, 1.807) is 0 Å². The molecule has 4 N–H and O–H groups in total. The van der Waals surface area contributed by atoms with Crippen LogP contribution in [0.15, 0.2) is 30.3 Å². The number of methoxy groups -OCH3 is 2. The molecule has 0 atom stereocenters. The smallest absolute Gasteiger partial charge is 0.417 e. The van der Waals surface area contributed by atoms with Gasteiger partial charge < -0.3 is 25.8 Å². The Balaban J connectivity index is 2.27. The predicted octanol–water partition coefficient (Wildman–Crippen LogP) is 4.28. The van der Waals surface area contributed by atoms with Gasteiger partial charge in [-0.1, -0.05) is 11.6 Å². The van der Waals surface area contributed by atoms with Gasteiger partial charge in [0.1, 0.15) is 11.5 Å². The number of nitrogens with one attached hydrogen (secondary N) is 2.